The number of amides is 1. The Morgan fingerprint density at radius 3 is 2.33 bits per heavy atom. The summed E-state index contributed by atoms with van der Waals surface area (Å²) in [6, 6.07) is 0. The predicted molar refractivity (Wildman–Crippen MR) is 30.0 cm³/mol. The molecule has 0 fully saturated rings. The maximum absolute atomic E-state index is 11.6. The van der Waals surface area contributed by atoms with Crippen LogP contribution in [0, 0.1) is 0 Å². The van der Waals surface area contributed by atoms with Gasteiger partial charge in [0.05, 0.1) is 0 Å². The van der Waals surface area contributed by atoms with Crippen molar-refractivity contribution in [3.63, 3.8) is 0 Å². The molecule has 0 unspecified atom stereocenters. The third-order valence-electron chi connectivity index (χ3n) is 0.913. The van der Waals surface area contributed by atoms with Crippen LogP contribution in [0.2, 0.25) is 0 Å². The maximum Gasteiger partial charge on any atom is 0.406 e. The SMILES string of the molecule is COCN(CC(F)(F)F)C(=O)[O-]. The van der Waals surface area contributed by atoms with Gasteiger partial charge in [-0.3, -0.25) is 0 Å². The molecule has 0 aliphatic carbocycles. The zero-order valence-corrected chi connectivity index (χ0v) is 6.22. The second kappa shape index (κ2) is 4.15. The van der Waals surface area contributed by atoms with E-state index in [9.17, 15) is 23.1 Å². The fraction of sp³-hybridized carbons (Fsp3) is 0.800. The molecule has 12 heavy (non-hydrogen) atoms. The van der Waals surface area contributed by atoms with E-state index < -0.39 is 25.5 Å². The molecule has 0 saturated carbocycles. The number of hydrogen-bond acceptors (Lipinski definition) is 3. The molecule has 0 rings (SSSR count). The lowest BCUT2D eigenvalue weighted by Crippen LogP contribution is -2.46. The molecule has 0 spiro atoms. The maximum atomic E-state index is 11.6. The van der Waals surface area contributed by atoms with E-state index in [-0.39, 0.29) is 4.90 Å². The van der Waals surface area contributed by atoms with Crippen LogP contribution in [0.25, 0.3) is 0 Å². The van der Waals surface area contributed by atoms with E-state index in [1.807, 2.05) is 0 Å². The van der Waals surface area contributed by atoms with Gasteiger partial charge in [0.2, 0.25) is 0 Å². The molecule has 72 valence electrons. The predicted octanol–water partition coefficient (Wildman–Crippen LogP) is -0.202. The first-order valence-electron chi connectivity index (χ1n) is 2.88. The molecular formula is C5H7F3NO3-. The Morgan fingerprint density at radius 2 is 2.08 bits per heavy atom. The highest BCUT2D eigenvalue weighted by atomic mass is 19.4. The van der Waals surface area contributed by atoms with Gasteiger partial charge in [0.15, 0.2) is 0 Å². The monoisotopic (exact) mass is 186 g/mol. The van der Waals surface area contributed by atoms with Crippen molar-refractivity contribution in [3.8, 4) is 0 Å². The molecule has 0 radical (unpaired) electrons. The smallest absolute Gasteiger partial charge is 0.406 e. The summed E-state index contributed by atoms with van der Waals surface area (Å²) in [4.78, 5) is 10.0. The highest BCUT2D eigenvalue weighted by Gasteiger charge is 2.30. The third kappa shape index (κ3) is 4.78. The average molecular weight is 186 g/mol. The fourth-order valence-electron chi connectivity index (χ4n) is 0.535. The second-order valence-electron chi connectivity index (χ2n) is 2.00. The third-order valence-corrected chi connectivity index (χ3v) is 0.913. The molecule has 4 nitrogen and oxygen atoms in total. The molecule has 0 N–H and O–H groups in total. The first-order valence-corrected chi connectivity index (χ1v) is 2.88. The molecule has 0 saturated heterocycles. The van der Waals surface area contributed by atoms with Gasteiger partial charge in [-0.1, -0.05) is 0 Å². The lowest BCUT2D eigenvalue weighted by molar-refractivity contribution is -0.276. The summed E-state index contributed by atoms with van der Waals surface area (Å²) in [5.41, 5.74) is 0. The number of carbonyl (C=O) groups is 1. The van der Waals surface area contributed by atoms with Crippen molar-refractivity contribution in [1.29, 1.82) is 0 Å². The molecule has 0 aromatic heterocycles. The fourth-order valence-corrected chi connectivity index (χ4v) is 0.535. The molecule has 7 heteroatoms. The van der Waals surface area contributed by atoms with Gasteiger partial charge < -0.3 is 19.5 Å². The average Bonchev–Trinajstić information content (AvgIpc) is 1.83. The number of nitrogens with zero attached hydrogens (tertiary/aromatic N) is 1. The number of rotatable bonds is 3. The Labute approximate surface area is 66.5 Å². The number of halogens is 3. The van der Waals surface area contributed by atoms with Gasteiger partial charge in [0.25, 0.3) is 0 Å². The molecule has 0 aromatic carbocycles. The van der Waals surface area contributed by atoms with Gasteiger partial charge in [-0.15, -0.1) is 0 Å². The van der Waals surface area contributed by atoms with Crippen LogP contribution < -0.4 is 5.11 Å². The zero-order valence-electron chi connectivity index (χ0n) is 6.22. The van der Waals surface area contributed by atoms with E-state index in [0.717, 1.165) is 7.11 Å². The van der Waals surface area contributed by atoms with Crippen molar-refractivity contribution in [3.05, 3.63) is 0 Å². The van der Waals surface area contributed by atoms with E-state index in [1.54, 1.807) is 0 Å². The van der Waals surface area contributed by atoms with E-state index in [2.05, 4.69) is 4.74 Å². The van der Waals surface area contributed by atoms with Crippen LogP contribution in [0.1, 0.15) is 0 Å². The van der Waals surface area contributed by atoms with Crippen molar-refractivity contribution in [2.45, 2.75) is 6.18 Å². The Morgan fingerprint density at radius 1 is 1.58 bits per heavy atom. The molecule has 0 aliphatic heterocycles. The Hall–Kier alpha value is -0.980. The summed E-state index contributed by atoms with van der Waals surface area (Å²) in [6.07, 6.45) is -6.48. The lowest BCUT2D eigenvalue weighted by Gasteiger charge is -2.24. The number of carbonyl (C=O) groups excluding carboxylic acids is 1. The summed E-state index contributed by atoms with van der Waals surface area (Å²) in [6.45, 7) is -2.23. The summed E-state index contributed by atoms with van der Waals surface area (Å²) < 4.78 is 39.0. The number of methoxy groups -OCH3 is 1. The van der Waals surface area contributed by atoms with Crippen LogP contribution in [0.5, 0.6) is 0 Å². The van der Waals surface area contributed by atoms with Gasteiger partial charge in [0, 0.05) is 7.11 Å². The first kappa shape index (κ1) is 11.0. The van der Waals surface area contributed by atoms with Gasteiger partial charge in [-0.05, 0) is 0 Å². The Bertz CT molecular complexity index is 159. The van der Waals surface area contributed by atoms with Crippen molar-refractivity contribution in [2.24, 2.45) is 0 Å². The van der Waals surface area contributed by atoms with Crippen molar-refractivity contribution in [1.82, 2.24) is 4.90 Å². The van der Waals surface area contributed by atoms with E-state index in [4.69, 9.17) is 0 Å². The van der Waals surface area contributed by atoms with Crippen LogP contribution in [-0.4, -0.2) is 37.6 Å². The molecular weight excluding hydrogens is 179 g/mol. The summed E-state index contributed by atoms with van der Waals surface area (Å²) >= 11 is 0. The molecule has 0 heterocycles. The summed E-state index contributed by atoms with van der Waals surface area (Å²) in [5, 5.41) is 10.0. The van der Waals surface area contributed by atoms with Crippen LogP contribution in [0.15, 0.2) is 0 Å². The largest absolute Gasteiger partial charge is 0.530 e. The van der Waals surface area contributed by atoms with Crippen molar-refractivity contribution in [2.75, 3.05) is 20.4 Å². The highest BCUT2D eigenvalue weighted by molar-refractivity contribution is 5.62. The van der Waals surface area contributed by atoms with Crippen LogP contribution in [-0.2, 0) is 4.74 Å². The number of hydrogen-bond donors (Lipinski definition) is 0. The first-order chi connectivity index (χ1) is 5.37. The standard InChI is InChI=1S/C5H8F3NO3/c1-12-3-9(4(10)11)2-5(6,7)8/h2-3H2,1H3,(H,10,11)/p-1. The van der Waals surface area contributed by atoms with Crippen LogP contribution >= 0.6 is 0 Å². The number of alkyl halides is 3. The van der Waals surface area contributed by atoms with Gasteiger partial charge in [0.1, 0.15) is 19.4 Å². The van der Waals surface area contributed by atoms with E-state index in [0.29, 0.717) is 0 Å². The van der Waals surface area contributed by atoms with Crippen LogP contribution in [0.4, 0.5) is 18.0 Å². The molecule has 1 amide bonds. The normalized spacial score (nSPS) is 11.3. The highest BCUT2D eigenvalue weighted by Crippen LogP contribution is 2.15. The van der Waals surface area contributed by atoms with Gasteiger partial charge >= 0.3 is 6.18 Å². The topological polar surface area (TPSA) is 52.6 Å². The molecule has 0 aliphatic rings. The van der Waals surface area contributed by atoms with E-state index in [1.165, 1.54) is 0 Å². The minimum absolute atomic E-state index is 0.0139. The van der Waals surface area contributed by atoms with Crippen LogP contribution in [0.3, 0.4) is 0 Å². The number of carboxylic acid groups (broad SMARTS) is 1. The van der Waals surface area contributed by atoms with Crippen molar-refractivity contribution >= 4 is 6.09 Å². The molecule has 0 aromatic rings. The Balaban J connectivity index is 4.05. The molecule has 0 atom stereocenters. The van der Waals surface area contributed by atoms with E-state index >= 15 is 0 Å². The quantitative estimate of drug-likeness (QED) is 0.573. The molecule has 0 bridgehead atoms. The summed E-state index contributed by atoms with van der Waals surface area (Å²) in [7, 11) is 1.09. The van der Waals surface area contributed by atoms with Gasteiger partial charge in [-0.2, -0.15) is 13.2 Å². The van der Waals surface area contributed by atoms with Crippen molar-refractivity contribution < 1.29 is 27.8 Å². The minimum Gasteiger partial charge on any atom is -0.530 e. The Kier molecular flexibility index (Phi) is 3.81. The second-order valence-corrected chi connectivity index (χ2v) is 2.00. The van der Waals surface area contributed by atoms with Gasteiger partial charge in [-0.25, -0.2) is 0 Å². The minimum atomic E-state index is -4.57. The lowest BCUT2D eigenvalue weighted by atomic mass is 10.6. The summed E-state index contributed by atoms with van der Waals surface area (Å²) in [5.74, 6) is 0. The zero-order chi connectivity index (χ0) is 9.78. The number of ether oxygens (including phenoxy) is 1.